The molecule has 1 fully saturated rings. The molecule has 0 saturated carbocycles. The fourth-order valence-electron chi connectivity index (χ4n) is 2.77. The van der Waals surface area contributed by atoms with Gasteiger partial charge in [0.2, 0.25) is 17.7 Å². The van der Waals surface area contributed by atoms with Gasteiger partial charge in [0, 0.05) is 8.95 Å². The van der Waals surface area contributed by atoms with Crippen LogP contribution in [-0.4, -0.2) is 32.5 Å². The van der Waals surface area contributed by atoms with E-state index in [2.05, 4.69) is 42.2 Å². The molecule has 1 saturated heterocycles. The van der Waals surface area contributed by atoms with Gasteiger partial charge in [-0.1, -0.05) is 57.8 Å². The standard InChI is InChI=1S/2C10H7BrN2O3.C2H6/c2*11-6-2-1-3-7(4-6)13-9(15)5-8(14)12-10(13)16;1-2/h1-4H,5H2,(H,12,14,16);1-5,15H,(H,12,14,16);1-2H3. The number of anilines is 1. The van der Waals surface area contributed by atoms with Crippen molar-refractivity contribution in [1.29, 1.82) is 0 Å². The molecule has 0 radical (unpaired) electrons. The van der Waals surface area contributed by atoms with Crippen LogP contribution in [-0.2, 0) is 9.59 Å². The number of halogens is 2. The number of hydrogen-bond donors (Lipinski definition) is 3. The molecule has 4 rings (SSSR count). The first-order valence-electron chi connectivity index (χ1n) is 9.89. The number of rotatable bonds is 2. The number of carbonyl (C=O) groups is 3. The highest BCUT2D eigenvalue weighted by molar-refractivity contribution is 9.10. The smallest absolute Gasteiger partial charge is 0.335 e. The van der Waals surface area contributed by atoms with Crippen molar-refractivity contribution >= 4 is 55.4 Å². The molecule has 1 aliphatic heterocycles. The van der Waals surface area contributed by atoms with Gasteiger partial charge in [-0.3, -0.25) is 24.7 Å². The molecule has 1 aliphatic rings. The van der Waals surface area contributed by atoms with Gasteiger partial charge >= 0.3 is 11.7 Å². The molecule has 2 aromatic carbocycles. The largest absolute Gasteiger partial charge is 0.494 e. The molecule has 178 valence electrons. The van der Waals surface area contributed by atoms with Crippen molar-refractivity contribution in [2.75, 3.05) is 4.90 Å². The minimum atomic E-state index is -0.709. The lowest BCUT2D eigenvalue weighted by Gasteiger charge is -2.24. The maximum atomic E-state index is 11.6. The molecule has 12 heteroatoms. The molecule has 0 spiro atoms. The zero-order valence-corrected chi connectivity index (χ0v) is 21.2. The molecule has 4 amide bonds. The fraction of sp³-hybridized carbons (Fsp3) is 0.136. The highest BCUT2D eigenvalue weighted by Crippen LogP contribution is 2.22. The van der Waals surface area contributed by atoms with Crippen molar-refractivity contribution in [2.45, 2.75) is 20.3 Å². The highest BCUT2D eigenvalue weighted by atomic mass is 79.9. The van der Waals surface area contributed by atoms with E-state index in [1.54, 1.807) is 48.5 Å². The number of barbiturate groups is 1. The normalized spacial score (nSPS) is 12.7. The van der Waals surface area contributed by atoms with Gasteiger partial charge in [0.15, 0.2) is 0 Å². The summed E-state index contributed by atoms with van der Waals surface area (Å²) in [5, 5.41) is 11.6. The van der Waals surface area contributed by atoms with Crippen LogP contribution in [0.15, 0.2) is 73.1 Å². The summed E-state index contributed by atoms with van der Waals surface area (Å²) in [5.74, 6) is -1.49. The van der Waals surface area contributed by atoms with E-state index in [4.69, 9.17) is 0 Å². The summed E-state index contributed by atoms with van der Waals surface area (Å²) >= 11 is 6.50. The van der Waals surface area contributed by atoms with Gasteiger partial charge in [-0.15, -0.1) is 0 Å². The van der Waals surface area contributed by atoms with Gasteiger partial charge in [-0.2, -0.15) is 0 Å². The summed E-state index contributed by atoms with van der Waals surface area (Å²) in [7, 11) is 0. The molecular weight excluding hydrogens is 576 g/mol. The predicted octanol–water partition coefficient (Wildman–Crippen LogP) is 3.44. The van der Waals surface area contributed by atoms with Gasteiger partial charge in [0.1, 0.15) is 6.42 Å². The Balaban J connectivity index is 0.000000224. The number of hydrogen-bond acceptors (Lipinski definition) is 6. The Labute approximate surface area is 210 Å². The number of urea groups is 1. The van der Waals surface area contributed by atoms with E-state index in [0.717, 1.165) is 24.5 Å². The number of nitrogens with one attached hydrogen (secondary N) is 2. The summed E-state index contributed by atoms with van der Waals surface area (Å²) in [6.07, 6.45) is -0.307. The van der Waals surface area contributed by atoms with Crippen molar-refractivity contribution < 1.29 is 19.5 Å². The Morgan fingerprint density at radius 1 is 0.853 bits per heavy atom. The third-order valence-corrected chi connectivity index (χ3v) is 5.05. The maximum Gasteiger partial charge on any atom is 0.335 e. The predicted molar refractivity (Wildman–Crippen MR) is 133 cm³/mol. The van der Waals surface area contributed by atoms with Gasteiger partial charge in [0.25, 0.3) is 5.56 Å². The molecule has 0 bridgehead atoms. The lowest BCUT2D eigenvalue weighted by atomic mass is 10.2. The fourth-order valence-corrected chi connectivity index (χ4v) is 3.55. The molecule has 10 nitrogen and oxygen atoms in total. The van der Waals surface area contributed by atoms with Gasteiger partial charge in [0.05, 0.1) is 17.4 Å². The van der Waals surface area contributed by atoms with Crippen molar-refractivity contribution in [1.82, 2.24) is 14.9 Å². The van der Waals surface area contributed by atoms with Crippen LogP contribution in [0.25, 0.3) is 5.69 Å². The second-order valence-corrected chi connectivity index (χ2v) is 8.18. The molecule has 3 N–H and O–H groups in total. The van der Waals surface area contributed by atoms with Crippen molar-refractivity contribution in [3.05, 3.63) is 84.4 Å². The van der Waals surface area contributed by atoms with Gasteiger partial charge < -0.3 is 5.11 Å². The van der Waals surface area contributed by atoms with E-state index in [1.165, 1.54) is 0 Å². The molecule has 3 aromatic rings. The lowest BCUT2D eigenvalue weighted by molar-refractivity contribution is -0.128. The number of amides is 4. The summed E-state index contributed by atoms with van der Waals surface area (Å²) in [4.78, 5) is 59.4. The topological polar surface area (TPSA) is 142 Å². The summed E-state index contributed by atoms with van der Waals surface area (Å²) in [6, 6.07) is 13.8. The third-order valence-electron chi connectivity index (χ3n) is 4.07. The van der Waals surface area contributed by atoms with Gasteiger partial charge in [-0.25, -0.2) is 19.1 Å². The lowest BCUT2D eigenvalue weighted by Crippen LogP contribution is -2.52. The minimum Gasteiger partial charge on any atom is -0.494 e. The van der Waals surface area contributed by atoms with E-state index in [9.17, 15) is 29.1 Å². The van der Waals surface area contributed by atoms with E-state index in [1.807, 2.05) is 13.8 Å². The van der Waals surface area contributed by atoms with Crippen molar-refractivity contribution in [3.8, 4) is 11.6 Å². The average Bonchev–Trinajstić information content (AvgIpc) is 2.74. The third kappa shape index (κ3) is 6.75. The van der Waals surface area contributed by atoms with Crippen LogP contribution in [0.3, 0.4) is 0 Å². The van der Waals surface area contributed by atoms with E-state index in [0.29, 0.717) is 11.4 Å². The zero-order valence-electron chi connectivity index (χ0n) is 18.0. The molecule has 1 aromatic heterocycles. The first kappa shape index (κ1) is 26.7. The quantitative estimate of drug-likeness (QED) is 0.388. The van der Waals surface area contributed by atoms with Crippen LogP contribution in [0.5, 0.6) is 5.88 Å². The van der Waals surface area contributed by atoms with Crippen LogP contribution in [0.1, 0.15) is 20.3 Å². The minimum absolute atomic E-state index is 0.307. The van der Waals surface area contributed by atoms with E-state index in [-0.39, 0.29) is 6.42 Å². The van der Waals surface area contributed by atoms with Crippen molar-refractivity contribution in [2.24, 2.45) is 0 Å². The molecule has 34 heavy (non-hydrogen) atoms. The number of aromatic hydroxyl groups is 1. The second-order valence-electron chi connectivity index (χ2n) is 6.35. The monoisotopic (exact) mass is 594 g/mol. The Morgan fingerprint density at radius 3 is 1.94 bits per heavy atom. The van der Waals surface area contributed by atoms with Crippen LogP contribution in [0, 0.1) is 0 Å². The Kier molecular flexibility index (Phi) is 9.51. The van der Waals surface area contributed by atoms with Gasteiger partial charge in [-0.05, 0) is 36.4 Å². The van der Waals surface area contributed by atoms with E-state index < -0.39 is 35.0 Å². The van der Waals surface area contributed by atoms with Crippen molar-refractivity contribution in [3.63, 3.8) is 0 Å². The summed E-state index contributed by atoms with van der Waals surface area (Å²) in [6.45, 7) is 4.00. The van der Waals surface area contributed by atoms with Crippen LogP contribution < -0.4 is 21.5 Å². The van der Waals surface area contributed by atoms with Crippen LogP contribution in [0.2, 0.25) is 0 Å². The number of H-pyrrole nitrogens is 1. The SMILES string of the molecule is CC.O=C1CC(=O)N(c2cccc(Br)c2)C(=O)N1.O=c1cc(O)n(-c2cccc(Br)c2)c(=O)[nH]1. The first-order chi connectivity index (χ1) is 16.2. The summed E-state index contributed by atoms with van der Waals surface area (Å²) in [5.41, 5.74) is -0.408. The molecule has 0 atom stereocenters. The number of aromatic nitrogens is 2. The molecule has 0 aliphatic carbocycles. The number of imide groups is 2. The molecule has 2 heterocycles. The van der Waals surface area contributed by atoms with E-state index >= 15 is 0 Å². The maximum absolute atomic E-state index is 11.6. The number of nitrogens with zero attached hydrogens (tertiary/aromatic N) is 2. The second kappa shape index (κ2) is 12.1. The zero-order chi connectivity index (χ0) is 25.4. The average molecular weight is 596 g/mol. The highest BCUT2D eigenvalue weighted by Gasteiger charge is 2.31. The molecular formula is C22H20Br2N4O6. The Hall–Kier alpha value is -3.51. The Morgan fingerprint density at radius 2 is 1.41 bits per heavy atom. The summed E-state index contributed by atoms with van der Waals surface area (Å²) < 4.78 is 2.52. The number of aromatic amines is 1. The number of carbonyl (C=O) groups excluding carboxylic acids is 3. The van der Waals surface area contributed by atoms with Crippen LogP contribution in [0.4, 0.5) is 10.5 Å². The molecule has 0 unspecified atom stereocenters. The van der Waals surface area contributed by atoms with Crippen LogP contribution >= 0.6 is 31.9 Å². The first-order valence-corrected chi connectivity index (χ1v) is 11.5. The number of benzene rings is 2. The Bertz CT molecular complexity index is 1320.